The van der Waals surface area contributed by atoms with Gasteiger partial charge in [-0.15, -0.1) is 0 Å². The van der Waals surface area contributed by atoms with E-state index in [-0.39, 0.29) is 30.9 Å². The molecular formula is C20H20BrCl2N3O3. The summed E-state index contributed by atoms with van der Waals surface area (Å²) < 4.78 is 6.44. The molecule has 0 atom stereocenters. The van der Waals surface area contributed by atoms with Crippen LogP contribution in [0.4, 0.5) is 0 Å². The molecule has 2 aromatic rings. The Morgan fingerprint density at radius 1 is 1.17 bits per heavy atom. The summed E-state index contributed by atoms with van der Waals surface area (Å²) in [7, 11) is 0. The van der Waals surface area contributed by atoms with E-state index in [1.807, 2.05) is 32.0 Å². The van der Waals surface area contributed by atoms with Crippen molar-refractivity contribution in [3.63, 3.8) is 0 Å². The smallest absolute Gasteiger partial charge is 0.251 e. The zero-order valence-corrected chi connectivity index (χ0v) is 18.9. The molecule has 6 nitrogen and oxygen atoms in total. The Morgan fingerprint density at radius 2 is 1.93 bits per heavy atom. The fraction of sp³-hybridized carbons (Fsp3) is 0.250. The lowest BCUT2D eigenvalue weighted by Crippen LogP contribution is -2.29. The van der Waals surface area contributed by atoms with Crippen molar-refractivity contribution >= 4 is 57.2 Å². The third-order valence-electron chi connectivity index (χ3n) is 3.54. The highest BCUT2D eigenvalue weighted by Crippen LogP contribution is 2.26. The quantitative estimate of drug-likeness (QED) is 0.403. The van der Waals surface area contributed by atoms with Crippen LogP contribution < -0.4 is 15.5 Å². The average molecular weight is 501 g/mol. The first-order valence-electron chi connectivity index (χ1n) is 8.77. The number of ether oxygens (including phenoxy) is 1. The average Bonchev–Trinajstić information content (AvgIpc) is 2.65. The van der Waals surface area contributed by atoms with Gasteiger partial charge in [0.05, 0.1) is 26.8 Å². The molecule has 0 aliphatic heterocycles. The van der Waals surface area contributed by atoms with E-state index >= 15 is 0 Å². The van der Waals surface area contributed by atoms with Gasteiger partial charge in [-0.3, -0.25) is 9.59 Å². The molecule has 0 saturated heterocycles. The van der Waals surface area contributed by atoms with Gasteiger partial charge in [0, 0.05) is 18.5 Å². The van der Waals surface area contributed by atoms with Gasteiger partial charge in [0.25, 0.3) is 5.91 Å². The van der Waals surface area contributed by atoms with E-state index in [1.54, 1.807) is 12.1 Å². The molecule has 0 aliphatic rings. The minimum Gasteiger partial charge on any atom is -0.490 e. The molecule has 29 heavy (non-hydrogen) atoms. The lowest BCUT2D eigenvalue weighted by molar-refractivity contribution is -0.120. The number of nitrogens with one attached hydrogen (secondary N) is 2. The van der Waals surface area contributed by atoms with E-state index < -0.39 is 0 Å². The number of hydrazone groups is 1. The number of hydrogen-bond donors (Lipinski definition) is 2. The van der Waals surface area contributed by atoms with Crippen LogP contribution in [0.2, 0.25) is 10.0 Å². The first kappa shape index (κ1) is 23.2. The summed E-state index contributed by atoms with van der Waals surface area (Å²) in [4.78, 5) is 23.9. The highest BCUT2D eigenvalue weighted by atomic mass is 79.9. The van der Waals surface area contributed by atoms with E-state index in [0.29, 0.717) is 15.6 Å². The number of rotatable bonds is 8. The van der Waals surface area contributed by atoms with E-state index in [1.165, 1.54) is 12.3 Å². The van der Waals surface area contributed by atoms with Crippen LogP contribution in [0, 0.1) is 0 Å². The molecule has 9 heteroatoms. The summed E-state index contributed by atoms with van der Waals surface area (Å²) in [5.41, 5.74) is 3.58. The van der Waals surface area contributed by atoms with Crippen molar-refractivity contribution in [1.29, 1.82) is 0 Å². The summed E-state index contributed by atoms with van der Waals surface area (Å²) in [6.45, 7) is 4.06. The van der Waals surface area contributed by atoms with Crippen LogP contribution >= 0.6 is 39.1 Å². The lowest BCUT2D eigenvalue weighted by atomic mass is 10.2. The standard InChI is InChI=1S/C20H20BrCl2N3O3/c1-12(2)29-18-6-3-13(9-15(18)21)11-25-26-19(27)7-8-24-20(28)14-4-5-16(22)17(23)10-14/h3-6,9-12H,7-8H2,1-2H3,(H,24,28)(H,26,27). The molecule has 0 heterocycles. The Balaban J connectivity index is 1.77. The van der Waals surface area contributed by atoms with Gasteiger partial charge in [-0.25, -0.2) is 5.43 Å². The van der Waals surface area contributed by atoms with Crippen LogP contribution in [0.15, 0.2) is 46.0 Å². The fourth-order valence-corrected chi connectivity index (χ4v) is 3.00. The van der Waals surface area contributed by atoms with E-state index in [2.05, 4.69) is 31.8 Å². The van der Waals surface area contributed by atoms with Gasteiger partial charge < -0.3 is 10.1 Å². The van der Waals surface area contributed by atoms with Gasteiger partial charge in [0.15, 0.2) is 0 Å². The zero-order valence-electron chi connectivity index (χ0n) is 15.8. The molecule has 0 fully saturated rings. The Kier molecular flexibility index (Phi) is 8.95. The minimum atomic E-state index is -0.339. The van der Waals surface area contributed by atoms with Gasteiger partial charge in [-0.05, 0) is 71.7 Å². The maximum atomic E-state index is 12.0. The van der Waals surface area contributed by atoms with Crippen molar-refractivity contribution in [2.75, 3.05) is 6.54 Å². The van der Waals surface area contributed by atoms with Crippen molar-refractivity contribution in [3.05, 3.63) is 62.0 Å². The Hall–Kier alpha value is -2.09. The second-order valence-corrected chi connectivity index (χ2v) is 7.95. The van der Waals surface area contributed by atoms with Crippen LogP contribution in [0.1, 0.15) is 36.2 Å². The first-order valence-corrected chi connectivity index (χ1v) is 10.3. The molecule has 0 spiro atoms. The minimum absolute atomic E-state index is 0.0716. The maximum absolute atomic E-state index is 12.0. The van der Waals surface area contributed by atoms with Crippen LogP contribution in [0.25, 0.3) is 0 Å². The van der Waals surface area contributed by atoms with Crippen molar-refractivity contribution in [1.82, 2.24) is 10.7 Å². The largest absolute Gasteiger partial charge is 0.490 e. The monoisotopic (exact) mass is 499 g/mol. The van der Waals surface area contributed by atoms with Gasteiger partial charge >= 0.3 is 0 Å². The molecule has 0 aliphatic carbocycles. The molecule has 154 valence electrons. The predicted octanol–water partition coefficient (Wildman–Crippen LogP) is 4.81. The third-order valence-corrected chi connectivity index (χ3v) is 4.90. The first-order chi connectivity index (χ1) is 13.8. The second kappa shape index (κ2) is 11.2. The molecule has 2 amide bonds. The molecule has 2 rings (SSSR count). The number of nitrogens with zero attached hydrogens (tertiary/aromatic N) is 1. The molecule has 0 bridgehead atoms. The fourth-order valence-electron chi connectivity index (χ4n) is 2.21. The van der Waals surface area contributed by atoms with Crippen LogP contribution in [-0.2, 0) is 4.79 Å². The lowest BCUT2D eigenvalue weighted by Gasteiger charge is -2.11. The Morgan fingerprint density at radius 3 is 2.59 bits per heavy atom. The topological polar surface area (TPSA) is 79.8 Å². The van der Waals surface area contributed by atoms with Crippen LogP contribution in [0.3, 0.4) is 0 Å². The number of amides is 2. The second-order valence-electron chi connectivity index (χ2n) is 6.28. The Bertz CT molecular complexity index is 920. The normalized spacial score (nSPS) is 11.0. The molecule has 0 unspecified atom stereocenters. The van der Waals surface area contributed by atoms with Gasteiger partial charge in [0.1, 0.15) is 5.75 Å². The summed E-state index contributed by atoms with van der Waals surface area (Å²) in [6.07, 6.45) is 1.67. The third kappa shape index (κ3) is 7.68. The van der Waals surface area contributed by atoms with Crippen molar-refractivity contribution in [3.8, 4) is 5.75 Å². The number of benzene rings is 2. The number of carbonyl (C=O) groups is 2. The van der Waals surface area contributed by atoms with E-state index in [9.17, 15) is 9.59 Å². The van der Waals surface area contributed by atoms with Gasteiger partial charge in [-0.1, -0.05) is 23.2 Å². The van der Waals surface area contributed by atoms with Crippen LogP contribution in [-0.4, -0.2) is 30.7 Å². The summed E-state index contributed by atoms with van der Waals surface area (Å²) in [5.74, 6) is 0.0711. The zero-order chi connectivity index (χ0) is 21.4. The van der Waals surface area contributed by atoms with Gasteiger partial charge in [0.2, 0.25) is 5.91 Å². The molecule has 0 radical (unpaired) electrons. The van der Waals surface area contributed by atoms with Crippen molar-refractivity contribution in [2.24, 2.45) is 5.10 Å². The summed E-state index contributed by atoms with van der Waals surface area (Å²) >= 11 is 15.2. The predicted molar refractivity (Wildman–Crippen MR) is 119 cm³/mol. The van der Waals surface area contributed by atoms with Crippen LogP contribution in [0.5, 0.6) is 5.75 Å². The maximum Gasteiger partial charge on any atom is 0.251 e. The van der Waals surface area contributed by atoms with Crippen molar-refractivity contribution in [2.45, 2.75) is 26.4 Å². The highest BCUT2D eigenvalue weighted by molar-refractivity contribution is 9.10. The molecule has 0 saturated carbocycles. The SMILES string of the molecule is CC(C)Oc1ccc(C=NNC(=O)CCNC(=O)c2ccc(Cl)c(Cl)c2)cc1Br. The molecular weight excluding hydrogens is 481 g/mol. The van der Waals surface area contributed by atoms with E-state index in [0.717, 1.165) is 15.8 Å². The number of halogens is 3. The summed E-state index contributed by atoms with van der Waals surface area (Å²) in [6, 6.07) is 10.1. The van der Waals surface area contributed by atoms with Crippen molar-refractivity contribution < 1.29 is 14.3 Å². The molecule has 2 aromatic carbocycles. The number of carbonyl (C=O) groups excluding carboxylic acids is 2. The van der Waals surface area contributed by atoms with Gasteiger partial charge in [-0.2, -0.15) is 5.10 Å². The molecule has 2 N–H and O–H groups in total. The number of hydrogen-bond acceptors (Lipinski definition) is 4. The Labute approximate surface area is 187 Å². The van der Waals surface area contributed by atoms with E-state index in [4.69, 9.17) is 27.9 Å². The summed E-state index contributed by atoms with van der Waals surface area (Å²) in [5, 5.41) is 7.22. The highest BCUT2D eigenvalue weighted by Gasteiger charge is 2.09. The molecule has 0 aromatic heterocycles.